The van der Waals surface area contributed by atoms with Crippen LogP contribution in [0, 0.1) is 0 Å². The van der Waals surface area contributed by atoms with Crippen LogP contribution in [0.3, 0.4) is 0 Å². The maximum atomic E-state index is 11.7. The first kappa shape index (κ1) is 20.9. The van der Waals surface area contributed by atoms with Crippen LogP contribution in [0.5, 0.6) is 5.75 Å². The molecule has 1 aromatic carbocycles. The molecule has 29 heavy (non-hydrogen) atoms. The van der Waals surface area contributed by atoms with Gasteiger partial charge >= 0.3 is 0 Å². The largest absolute Gasteiger partial charge is 0.486 e. The molecule has 0 bridgehead atoms. The van der Waals surface area contributed by atoms with Crippen LogP contribution in [-0.4, -0.2) is 39.7 Å². The van der Waals surface area contributed by atoms with Gasteiger partial charge < -0.3 is 14.0 Å². The summed E-state index contributed by atoms with van der Waals surface area (Å²) in [4.78, 5) is 27.6. The van der Waals surface area contributed by atoms with E-state index in [1.54, 1.807) is 13.2 Å². The number of nitrogens with one attached hydrogen (secondary N) is 1. The molecular formula is C21H23N3O4S. The van der Waals surface area contributed by atoms with Crippen molar-refractivity contribution in [3.05, 3.63) is 59.7 Å². The van der Waals surface area contributed by atoms with E-state index in [2.05, 4.69) is 16.9 Å². The van der Waals surface area contributed by atoms with Gasteiger partial charge in [0.05, 0.1) is 23.2 Å². The molecule has 7 nitrogen and oxygen atoms in total. The van der Waals surface area contributed by atoms with E-state index in [0.717, 1.165) is 34.5 Å². The molecule has 0 spiro atoms. The number of rotatable bonds is 9. The molecule has 0 saturated carbocycles. The van der Waals surface area contributed by atoms with Crippen LogP contribution in [0.4, 0.5) is 4.79 Å². The molecule has 2 aromatic rings. The fourth-order valence-corrected chi connectivity index (χ4v) is 3.80. The van der Waals surface area contributed by atoms with Crippen LogP contribution in [-0.2, 0) is 29.6 Å². The highest BCUT2D eigenvalue weighted by Crippen LogP contribution is 2.24. The minimum absolute atomic E-state index is 0.233. The van der Waals surface area contributed by atoms with Gasteiger partial charge in [0, 0.05) is 14.2 Å². The Bertz CT molecular complexity index is 934. The number of carbonyl (C=O) groups is 2. The van der Waals surface area contributed by atoms with Crippen molar-refractivity contribution in [2.24, 2.45) is 7.05 Å². The molecule has 2 heterocycles. The lowest BCUT2D eigenvalue weighted by Crippen LogP contribution is -2.25. The zero-order chi connectivity index (χ0) is 20.8. The van der Waals surface area contributed by atoms with Crippen molar-refractivity contribution in [1.29, 1.82) is 0 Å². The van der Waals surface area contributed by atoms with Crippen LogP contribution in [0.25, 0.3) is 12.2 Å². The third kappa shape index (κ3) is 5.16. The van der Waals surface area contributed by atoms with E-state index in [-0.39, 0.29) is 16.4 Å². The number of hydrogen-bond acceptors (Lipinski definition) is 6. The summed E-state index contributed by atoms with van der Waals surface area (Å²) in [5.74, 6) is 1.25. The molecule has 1 N–H and O–H groups in total. The molecule has 1 aliphatic rings. The average molecular weight is 413 g/mol. The number of benzene rings is 1. The third-order valence-electron chi connectivity index (χ3n) is 4.47. The first-order valence-corrected chi connectivity index (χ1v) is 9.96. The standard InChI is InChI=1S/C21H23N3O4S/c1-4-17-16(6-5-11-27-3)22-19(24(17)2)13-28-15-9-7-14(8-10-15)12-18-20(25)23-21(26)29-18/h4-10,18H,1,11-13H2,2-3H3,(H,23,25,26)/b6-5-. The van der Waals surface area contributed by atoms with E-state index in [4.69, 9.17) is 9.47 Å². The Kier molecular flexibility index (Phi) is 6.90. The molecule has 152 valence electrons. The highest BCUT2D eigenvalue weighted by molar-refractivity contribution is 8.15. The number of hydrogen-bond donors (Lipinski definition) is 1. The van der Waals surface area contributed by atoms with Gasteiger partial charge in [0.2, 0.25) is 5.91 Å². The SMILES string of the molecule is C=Cc1c(/C=C\COC)nc(COc2ccc(CC3SC(=O)NC3=O)cc2)n1C. The topological polar surface area (TPSA) is 82.5 Å². The predicted octanol–water partition coefficient (Wildman–Crippen LogP) is 3.20. The van der Waals surface area contributed by atoms with Gasteiger partial charge in [0.15, 0.2) is 0 Å². The number of aromatic nitrogens is 2. The van der Waals surface area contributed by atoms with Gasteiger partial charge in [-0.1, -0.05) is 36.5 Å². The van der Waals surface area contributed by atoms with E-state index in [1.165, 1.54) is 0 Å². The lowest BCUT2D eigenvalue weighted by atomic mass is 10.1. The molecule has 0 radical (unpaired) electrons. The van der Waals surface area contributed by atoms with Crippen molar-refractivity contribution in [3.63, 3.8) is 0 Å². The van der Waals surface area contributed by atoms with Gasteiger partial charge in [-0.05, 0) is 36.3 Å². The monoisotopic (exact) mass is 413 g/mol. The Hall–Kier alpha value is -2.84. The molecule has 2 amide bonds. The van der Waals surface area contributed by atoms with E-state index in [9.17, 15) is 9.59 Å². The molecule has 1 fully saturated rings. The van der Waals surface area contributed by atoms with Gasteiger partial charge in [-0.25, -0.2) is 4.98 Å². The fraction of sp³-hybridized carbons (Fsp3) is 0.286. The molecule has 3 rings (SSSR count). The summed E-state index contributed by atoms with van der Waals surface area (Å²) in [6, 6.07) is 7.51. The number of ether oxygens (including phenoxy) is 2. The molecular weight excluding hydrogens is 390 g/mol. The second kappa shape index (κ2) is 9.58. The van der Waals surface area contributed by atoms with Crippen LogP contribution < -0.4 is 10.1 Å². The second-order valence-electron chi connectivity index (χ2n) is 6.44. The predicted molar refractivity (Wildman–Crippen MR) is 114 cm³/mol. The maximum absolute atomic E-state index is 11.7. The first-order valence-electron chi connectivity index (χ1n) is 9.08. The van der Waals surface area contributed by atoms with Crippen LogP contribution >= 0.6 is 11.8 Å². The van der Waals surface area contributed by atoms with Crippen LogP contribution in [0.1, 0.15) is 22.8 Å². The molecule has 1 saturated heterocycles. The number of carbonyl (C=O) groups excluding carboxylic acids is 2. The zero-order valence-corrected chi connectivity index (χ0v) is 17.2. The zero-order valence-electron chi connectivity index (χ0n) is 16.4. The van der Waals surface area contributed by atoms with E-state index >= 15 is 0 Å². The third-order valence-corrected chi connectivity index (χ3v) is 5.45. The van der Waals surface area contributed by atoms with Gasteiger partial charge in [0.25, 0.3) is 5.24 Å². The fourth-order valence-electron chi connectivity index (χ4n) is 2.94. The van der Waals surface area contributed by atoms with Gasteiger partial charge in [-0.2, -0.15) is 0 Å². The number of amides is 2. The average Bonchev–Trinajstić information content (AvgIpc) is 3.19. The highest BCUT2D eigenvalue weighted by atomic mass is 32.2. The van der Waals surface area contributed by atoms with Gasteiger partial charge in [0.1, 0.15) is 18.2 Å². The Morgan fingerprint density at radius 3 is 2.69 bits per heavy atom. The minimum Gasteiger partial charge on any atom is -0.486 e. The minimum atomic E-state index is -0.372. The van der Waals surface area contributed by atoms with Crippen LogP contribution in [0.2, 0.25) is 0 Å². The Balaban J connectivity index is 1.62. The lowest BCUT2D eigenvalue weighted by Gasteiger charge is -2.09. The number of imide groups is 1. The summed E-state index contributed by atoms with van der Waals surface area (Å²) in [5.41, 5.74) is 2.69. The molecule has 1 aromatic heterocycles. The summed E-state index contributed by atoms with van der Waals surface area (Å²) in [6.07, 6.45) is 6.07. The summed E-state index contributed by atoms with van der Waals surface area (Å²) in [6.45, 7) is 4.68. The molecule has 0 aliphatic carbocycles. The summed E-state index contributed by atoms with van der Waals surface area (Å²) in [7, 11) is 3.56. The normalized spacial score (nSPS) is 16.4. The number of thioether (sulfide) groups is 1. The smallest absolute Gasteiger partial charge is 0.286 e. The first-order chi connectivity index (χ1) is 14.0. The Morgan fingerprint density at radius 2 is 2.07 bits per heavy atom. The number of imidazole rings is 1. The van der Waals surface area contributed by atoms with Crippen molar-refractivity contribution in [2.75, 3.05) is 13.7 Å². The molecule has 8 heteroatoms. The van der Waals surface area contributed by atoms with E-state index in [0.29, 0.717) is 25.4 Å². The second-order valence-corrected chi connectivity index (χ2v) is 7.61. The lowest BCUT2D eigenvalue weighted by molar-refractivity contribution is -0.118. The quantitative estimate of drug-likeness (QED) is 0.680. The van der Waals surface area contributed by atoms with Crippen molar-refractivity contribution < 1.29 is 19.1 Å². The van der Waals surface area contributed by atoms with Crippen molar-refractivity contribution in [3.8, 4) is 5.75 Å². The van der Waals surface area contributed by atoms with Crippen LogP contribution in [0.15, 0.2) is 36.9 Å². The van der Waals surface area contributed by atoms with Gasteiger partial charge in [-0.3, -0.25) is 14.9 Å². The Morgan fingerprint density at radius 1 is 1.31 bits per heavy atom. The summed E-state index contributed by atoms with van der Waals surface area (Å²) >= 11 is 1.03. The summed E-state index contributed by atoms with van der Waals surface area (Å²) in [5, 5.41) is 1.64. The molecule has 1 unspecified atom stereocenters. The van der Waals surface area contributed by atoms with E-state index < -0.39 is 0 Å². The van der Waals surface area contributed by atoms with Crippen molar-refractivity contribution in [2.45, 2.75) is 18.3 Å². The highest BCUT2D eigenvalue weighted by Gasteiger charge is 2.31. The Labute approximate surface area is 173 Å². The van der Waals surface area contributed by atoms with E-state index in [1.807, 2.05) is 48.0 Å². The number of methoxy groups -OCH3 is 1. The number of nitrogens with zero attached hydrogens (tertiary/aromatic N) is 2. The molecule has 1 aliphatic heterocycles. The molecule has 1 atom stereocenters. The van der Waals surface area contributed by atoms with Crippen molar-refractivity contribution >= 4 is 35.1 Å². The summed E-state index contributed by atoms with van der Waals surface area (Å²) < 4.78 is 12.8. The maximum Gasteiger partial charge on any atom is 0.286 e. The van der Waals surface area contributed by atoms with Gasteiger partial charge in [-0.15, -0.1) is 0 Å². The van der Waals surface area contributed by atoms with Crippen molar-refractivity contribution in [1.82, 2.24) is 14.9 Å².